The lowest BCUT2D eigenvalue weighted by molar-refractivity contribution is 0.161. The van der Waals surface area contributed by atoms with Crippen LogP contribution in [0.4, 0.5) is 10.5 Å². The largest absolute Gasteiger partial charge is 0.391 e. The van der Waals surface area contributed by atoms with Crippen molar-refractivity contribution in [3.05, 3.63) is 58.5 Å². The highest BCUT2D eigenvalue weighted by Gasteiger charge is 2.29. The molecule has 2 heterocycles. The molecule has 218 valence electrons. The predicted octanol–water partition coefficient (Wildman–Crippen LogP) is 2.90. The number of aliphatic hydroxyl groups excluding tert-OH is 1. The van der Waals surface area contributed by atoms with E-state index in [1.165, 1.54) is 16.4 Å². The number of benzene rings is 2. The summed E-state index contributed by atoms with van der Waals surface area (Å²) in [5.41, 5.74) is 2.52. The summed E-state index contributed by atoms with van der Waals surface area (Å²) in [5.74, 6) is 0. The number of para-hydroxylation sites is 1. The van der Waals surface area contributed by atoms with Crippen molar-refractivity contribution in [2.45, 2.75) is 68.9 Å². The van der Waals surface area contributed by atoms with Crippen LogP contribution in [0.2, 0.25) is 0 Å². The summed E-state index contributed by atoms with van der Waals surface area (Å²) in [5, 5.41) is 19.5. The van der Waals surface area contributed by atoms with Crippen molar-refractivity contribution in [2.24, 2.45) is 0 Å². The molecule has 2 amide bonds. The Morgan fingerprint density at radius 3 is 2.55 bits per heavy atom. The van der Waals surface area contributed by atoms with E-state index in [1.807, 2.05) is 18.2 Å². The van der Waals surface area contributed by atoms with Gasteiger partial charge < -0.3 is 31.0 Å². The number of aromatic nitrogens is 2. The van der Waals surface area contributed by atoms with Crippen LogP contribution in [-0.4, -0.2) is 72.2 Å². The number of hydrogen-bond donors (Lipinski definition) is 6. The molecule has 0 spiro atoms. The van der Waals surface area contributed by atoms with Crippen molar-refractivity contribution in [1.82, 2.24) is 24.9 Å². The van der Waals surface area contributed by atoms with Crippen LogP contribution in [0.3, 0.4) is 0 Å². The molecule has 1 aromatic heterocycles. The molecule has 3 aromatic rings. The number of piperidine rings is 1. The highest BCUT2D eigenvalue weighted by atomic mass is 32.2. The minimum absolute atomic E-state index is 0.0935. The average molecular weight is 573 g/mol. The number of sulfonamides is 1. The van der Waals surface area contributed by atoms with Gasteiger partial charge in [0.05, 0.1) is 22.0 Å². The highest BCUT2D eigenvalue weighted by Crippen LogP contribution is 2.22. The van der Waals surface area contributed by atoms with Crippen LogP contribution in [-0.2, 0) is 16.4 Å². The lowest BCUT2D eigenvalue weighted by atomic mass is 10.0. The number of H-pyrrole nitrogens is 2. The fraction of sp³-hybridized carbons (Fsp3) is 0.500. The first kappa shape index (κ1) is 29.8. The third kappa shape index (κ3) is 7.94. The van der Waals surface area contributed by atoms with E-state index in [0.29, 0.717) is 62.2 Å². The van der Waals surface area contributed by atoms with E-state index in [2.05, 4.69) is 32.8 Å². The van der Waals surface area contributed by atoms with Gasteiger partial charge in [-0.3, -0.25) is 0 Å². The van der Waals surface area contributed by atoms with E-state index >= 15 is 0 Å². The molecule has 0 aliphatic carbocycles. The number of fused-ring (bicyclic) bond motifs is 1. The second-order valence-corrected chi connectivity index (χ2v) is 12.3. The SMILES string of the molecule is CCCCCCNC(=O)Nc1ccc(S(=O)(=O)N2CCC(NCC(O)Cc3cccc4[nH]c(=O)[nH]c34)CC2)cc1. The Hall–Kier alpha value is -3.19. The Bertz CT molecular complexity index is 1410. The minimum atomic E-state index is -3.65. The van der Waals surface area contributed by atoms with Crippen LogP contribution in [0.1, 0.15) is 51.0 Å². The minimum Gasteiger partial charge on any atom is -0.391 e. The van der Waals surface area contributed by atoms with Gasteiger partial charge in [-0.15, -0.1) is 0 Å². The molecule has 1 aliphatic rings. The van der Waals surface area contributed by atoms with Crippen molar-refractivity contribution in [2.75, 3.05) is 31.5 Å². The number of anilines is 1. The molecule has 12 heteroatoms. The molecular weight excluding hydrogens is 532 g/mol. The molecule has 1 atom stereocenters. The summed E-state index contributed by atoms with van der Waals surface area (Å²) in [7, 11) is -3.65. The van der Waals surface area contributed by atoms with E-state index in [4.69, 9.17) is 0 Å². The van der Waals surface area contributed by atoms with Crippen molar-refractivity contribution < 1.29 is 18.3 Å². The fourth-order valence-corrected chi connectivity index (χ4v) is 6.48. The second kappa shape index (κ2) is 13.9. The Balaban J connectivity index is 1.21. The van der Waals surface area contributed by atoms with Gasteiger partial charge >= 0.3 is 11.7 Å². The van der Waals surface area contributed by atoms with E-state index < -0.39 is 16.1 Å². The Morgan fingerprint density at radius 2 is 1.82 bits per heavy atom. The molecule has 6 N–H and O–H groups in total. The zero-order valence-electron chi connectivity index (χ0n) is 22.9. The molecule has 1 unspecified atom stereocenters. The van der Waals surface area contributed by atoms with Crippen molar-refractivity contribution >= 4 is 32.8 Å². The van der Waals surface area contributed by atoms with Crippen LogP contribution in [0.5, 0.6) is 0 Å². The third-order valence-electron chi connectivity index (χ3n) is 7.25. The van der Waals surface area contributed by atoms with E-state index in [-0.39, 0.29) is 22.7 Å². The average Bonchev–Trinajstić information content (AvgIpc) is 3.33. The number of aliphatic hydroxyl groups is 1. The van der Waals surface area contributed by atoms with Gasteiger partial charge in [0.15, 0.2) is 0 Å². The van der Waals surface area contributed by atoms with E-state index in [9.17, 15) is 23.1 Å². The molecule has 2 aromatic carbocycles. The Morgan fingerprint density at radius 1 is 1.07 bits per heavy atom. The summed E-state index contributed by atoms with van der Waals surface area (Å²) in [6.07, 6.45) is 5.29. The second-order valence-electron chi connectivity index (χ2n) is 10.3. The number of carbonyl (C=O) groups is 1. The first-order chi connectivity index (χ1) is 19.3. The summed E-state index contributed by atoms with van der Waals surface area (Å²) in [6.45, 7) is 3.86. The van der Waals surface area contributed by atoms with E-state index in [1.54, 1.807) is 12.1 Å². The molecule has 1 fully saturated rings. The number of hydrogen-bond acceptors (Lipinski definition) is 6. The van der Waals surface area contributed by atoms with Crippen LogP contribution < -0.4 is 21.6 Å². The van der Waals surface area contributed by atoms with Crippen LogP contribution in [0, 0.1) is 0 Å². The number of rotatable bonds is 13. The smallest absolute Gasteiger partial charge is 0.323 e. The maximum absolute atomic E-state index is 13.2. The van der Waals surface area contributed by atoms with Crippen LogP contribution in [0.15, 0.2) is 52.2 Å². The standard InChI is InChI=1S/C28H40N6O5S/c1-2-3-4-5-15-29-27(36)31-22-9-11-24(12-10-22)40(38,39)34-16-13-21(14-17-34)30-19-23(35)18-20-7-6-8-25-26(20)33-28(37)32-25/h6-12,21,23,30,35H,2-5,13-19H2,1H3,(H2,29,31,36)(H2,32,33,37). The molecule has 1 saturated heterocycles. The molecule has 40 heavy (non-hydrogen) atoms. The molecule has 11 nitrogen and oxygen atoms in total. The first-order valence-electron chi connectivity index (χ1n) is 14.0. The van der Waals surface area contributed by atoms with E-state index in [0.717, 1.165) is 31.2 Å². The Labute approximate surface area is 234 Å². The van der Waals surface area contributed by atoms with Gasteiger partial charge in [-0.2, -0.15) is 4.31 Å². The van der Waals surface area contributed by atoms with Crippen molar-refractivity contribution in [3.63, 3.8) is 0 Å². The summed E-state index contributed by atoms with van der Waals surface area (Å²) < 4.78 is 27.8. The number of nitrogens with one attached hydrogen (secondary N) is 5. The van der Waals surface area contributed by atoms with Crippen LogP contribution in [0.25, 0.3) is 11.0 Å². The predicted molar refractivity (Wildman–Crippen MR) is 156 cm³/mol. The number of carbonyl (C=O) groups excluding carboxylic acids is 1. The summed E-state index contributed by atoms with van der Waals surface area (Å²) in [4.78, 5) is 29.4. The number of aromatic amines is 2. The monoisotopic (exact) mass is 572 g/mol. The molecule has 1 aliphatic heterocycles. The normalized spacial score (nSPS) is 15.8. The van der Waals surface area contributed by atoms with Gasteiger partial charge in [-0.25, -0.2) is 18.0 Å². The third-order valence-corrected chi connectivity index (χ3v) is 9.17. The van der Waals surface area contributed by atoms with Gasteiger partial charge in [0.2, 0.25) is 10.0 Å². The summed E-state index contributed by atoms with van der Waals surface area (Å²) in [6, 6.07) is 11.6. The molecule has 0 radical (unpaired) electrons. The zero-order valence-corrected chi connectivity index (χ0v) is 23.7. The molecule has 0 bridgehead atoms. The highest BCUT2D eigenvalue weighted by molar-refractivity contribution is 7.89. The summed E-state index contributed by atoms with van der Waals surface area (Å²) >= 11 is 0. The zero-order chi connectivity index (χ0) is 28.5. The number of unbranched alkanes of at least 4 members (excludes halogenated alkanes) is 3. The number of imidazole rings is 1. The topological polar surface area (TPSA) is 159 Å². The lowest BCUT2D eigenvalue weighted by Crippen LogP contribution is -2.46. The first-order valence-corrected chi connectivity index (χ1v) is 15.5. The Kier molecular flexibility index (Phi) is 10.4. The van der Waals surface area contributed by atoms with Gasteiger partial charge in [0, 0.05) is 44.3 Å². The van der Waals surface area contributed by atoms with Gasteiger partial charge in [0.1, 0.15) is 0 Å². The molecule has 0 saturated carbocycles. The van der Waals surface area contributed by atoms with Gasteiger partial charge in [-0.05, 0) is 55.2 Å². The maximum Gasteiger partial charge on any atom is 0.323 e. The quantitative estimate of drug-likeness (QED) is 0.173. The van der Waals surface area contributed by atoms with Crippen molar-refractivity contribution in [3.8, 4) is 0 Å². The number of urea groups is 1. The fourth-order valence-electron chi connectivity index (χ4n) is 5.01. The number of amides is 2. The molecular formula is C28H40N6O5S. The number of nitrogens with zero attached hydrogens (tertiary/aromatic N) is 1. The van der Waals surface area contributed by atoms with Gasteiger partial charge in [-0.1, -0.05) is 38.3 Å². The van der Waals surface area contributed by atoms with Crippen molar-refractivity contribution in [1.29, 1.82) is 0 Å². The maximum atomic E-state index is 13.2. The van der Waals surface area contributed by atoms with Gasteiger partial charge in [0.25, 0.3) is 0 Å². The lowest BCUT2D eigenvalue weighted by Gasteiger charge is -2.32. The molecule has 4 rings (SSSR count). The van der Waals surface area contributed by atoms with Crippen LogP contribution >= 0.6 is 0 Å².